The van der Waals surface area contributed by atoms with Crippen LogP contribution in [0, 0.1) is 11.8 Å². The summed E-state index contributed by atoms with van der Waals surface area (Å²) >= 11 is 5.86. The van der Waals surface area contributed by atoms with Crippen LogP contribution < -0.4 is 0 Å². The normalized spacial score (nSPS) is 17.4. The molecule has 0 bridgehead atoms. The van der Waals surface area contributed by atoms with E-state index in [1.807, 2.05) is 18.2 Å². The van der Waals surface area contributed by atoms with Gasteiger partial charge in [0.2, 0.25) is 0 Å². The quantitative estimate of drug-likeness (QED) is 0.854. The van der Waals surface area contributed by atoms with Gasteiger partial charge in [0.1, 0.15) is 0 Å². The molecule has 1 saturated carbocycles. The Kier molecular flexibility index (Phi) is 2.96. The molecule has 3 heteroatoms. The van der Waals surface area contributed by atoms with Crippen molar-refractivity contribution in [3.8, 4) is 0 Å². The van der Waals surface area contributed by atoms with E-state index in [0.717, 1.165) is 18.4 Å². The summed E-state index contributed by atoms with van der Waals surface area (Å²) in [5, 5.41) is 9.75. The average molecular weight is 225 g/mol. The number of carboxylic acid groups (broad SMARTS) is 1. The summed E-state index contributed by atoms with van der Waals surface area (Å²) in [6, 6.07) is 7.45. The van der Waals surface area contributed by atoms with Gasteiger partial charge in [-0.3, -0.25) is 4.79 Å². The fourth-order valence-corrected chi connectivity index (χ4v) is 2.08. The first kappa shape index (κ1) is 10.5. The standard InChI is InChI=1S/C12H13ClO2/c13-10-3-1-2-8(6-10)7-11(12(14)15)9-4-5-9/h1-3,6,9,11H,4-5,7H2,(H,14,15). The number of rotatable bonds is 4. The second-order valence-corrected chi connectivity index (χ2v) is 4.55. The van der Waals surface area contributed by atoms with Crippen LogP contribution in [-0.4, -0.2) is 11.1 Å². The summed E-state index contributed by atoms with van der Waals surface area (Å²) in [5.41, 5.74) is 1.02. The molecule has 2 rings (SSSR count). The first-order valence-corrected chi connectivity index (χ1v) is 5.52. The van der Waals surface area contributed by atoms with E-state index < -0.39 is 5.97 Å². The maximum Gasteiger partial charge on any atom is 0.307 e. The maximum atomic E-state index is 11.0. The van der Waals surface area contributed by atoms with Crippen LogP contribution in [0.15, 0.2) is 24.3 Å². The van der Waals surface area contributed by atoms with E-state index in [0.29, 0.717) is 17.4 Å². The van der Waals surface area contributed by atoms with Gasteiger partial charge in [-0.25, -0.2) is 0 Å². The molecule has 1 aromatic carbocycles. The third kappa shape index (κ3) is 2.72. The smallest absolute Gasteiger partial charge is 0.307 e. The van der Waals surface area contributed by atoms with Crippen LogP contribution >= 0.6 is 11.6 Å². The lowest BCUT2D eigenvalue weighted by Crippen LogP contribution is -2.18. The third-order valence-corrected chi connectivity index (χ3v) is 3.09. The van der Waals surface area contributed by atoms with Crippen molar-refractivity contribution in [3.63, 3.8) is 0 Å². The van der Waals surface area contributed by atoms with E-state index in [-0.39, 0.29) is 5.92 Å². The Balaban J connectivity index is 2.08. The number of halogens is 1. The molecule has 1 aliphatic carbocycles. The molecule has 0 heterocycles. The molecule has 80 valence electrons. The first-order chi connectivity index (χ1) is 7.16. The second-order valence-electron chi connectivity index (χ2n) is 4.12. The average Bonchev–Trinajstić information content (AvgIpc) is 2.97. The first-order valence-electron chi connectivity index (χ1n) is 5.14. The predicted octanol–water partition coefficient (Wildman–Crippen LogP) is 2.99. The molecule has 0 aliphatic heterocycles. The van der Waals surface area contributed by atoms with Crippen molar-refractivity contribution in [2.75, 3.05) is 0 Å². The molecule has 0 spiro atoms. The minimum atomic E-state index is -0.683. The van der Waals surface area contributed by atoms with E-state index in [9.17, 15) is 4.79 Å². The third-order valence-electron chi connectivity index (χ3n) is 2.85. The highest BCUT2D eigenvalue weighted by molar-refractivity contribution is 6.30. The van der Waals surface area contributed by atoms with Gasteiger partial charge in [0.05, 0.1) is 5.92 Å². The van der Waals surface area contributed by atoms with Crippen LogP contribution in [0.5, 0.6) is 0 Å². The summed E-state index contributed by atoms with van der Waals surface area (Å²) in [5.74, 6) is -0.539. The fourth-order valence-electron chi connectivity index (χ4n) is 1.87. The zero-order chi connectivity index (χ0) is 10.8. The molecule has 0 radical (unpaired) electrons. The highest BCUT2D eigenvalue weighted by Gasteiger charge is 2.35. The number of aliphatic carboxylic acids is 1. The Morgan fingerprint density at radius 2 is 2.27 bits per heavy atom. The van der Waals surface area contributed by atoms with Gasteiger partial charge in [0.15, 0.2) is 0 Å². The van der Waals surface area contributed by atoms with Crippen molar-refractivity contribution in [2.45, 2.75) is 19.3 Å². The minimum absolute atomic E-state index is 0.233. The Bertz CT molecular complexity index is 372. The number of hydrogen-bond acceptors (Lipinski definition) is 1. The number of carbonyl (C=O) groups is 1. The van der Waals surface area contributed by atoms with Gasteiger partial charge in [0.25, 0.3) is 0 Å². The lowest BCUT2D eigenvalue weighted by molar-refractivity contribution is -0.142. The Labute approximate surface area is 93.9 Å². The zero-order valence-electron chi connectivity index (χ0n) is 8.32. The minimum Gasteiger partial charge on any atom is -0.481 e. The highest BCUT2D eigenvalue weighted by atomic mass is 35.5. The molecule has 2 nitrogen and oxygen atoms in total. The number of hydrogen-bond donors (Lipinski definition) is 1. The molecule has 1 N–H and O–H groups in total. The largest absolute Gasteiger partial charge is 0.481 e. The van der Waals surface area contributed by atoms with Crippen molar-refractivity contribution in [2.24, 2.45) is 11.8 Å². The molecule has 0 saturated heterocycles. The van der Waals surface area contributed by atoms with Gasteiger partial charge in [0, 0.05) is 5.02 Å². The molecule has 0 aromatic heterocycles. The van der Waals surface area contributed by atoms with Crippen molar-refractivity contribution in [1.82, 2.24) is 0 Å². The second kappa shape index (κ2) is 4.23. The SMILES string of the molecule is O=C(O)C(Cc1cccc(Cl)c1)C1CC1. The summed E-state index contributed by atoms with van der Waals surface area (Å²) < 4.78 is 0. The van der Waals surface area contributed by atoms with Gasteiger partial charge in [-0.2, -0.15) is 0 Å². The van der Waals surface area contributed by atoms with E-state index in [1.54, 1.807) is 6.07 Å². The number of benzene rings is 1. The van der Waals surface area contributed by atoms with Crippen molar-refractivity contribution in [3.05, 3.63) is 34.9 Å². The predicted molar refractivity (Wildman–Crippen MR) is 59.0 cm³/mol. The van der Waals surface area contributed by atoms with Crippen LogP contribution in [0.3, 0.4) is 0 Å². The lowest BCUT2D eigenvalue weighted by atomic mass is 9.95. The van der Waals surface area contributed by atoms with Crippen LogP contribution in [0.2, 0.25) is 5.02 Å². The van der Waals surface area contributed by atoms with Gasteiger partial charge >= 0.3 is 5.97 Å². The summed E-state index contributed by atoms with van der Waals surface area (Å²) in [6.45, 7) is 0. The van der Waals surface area contributed by atoms with Gasteiger partial charge in [-0.1, -0.05) is 23.7 Å². The molecule has 15 heavy (non-hydrogen) atoms. The van der Waals surface area contributed by atoms with E-state index >= 15 is 0 Å². The van der Waals surface area contributed by atoms with Gasteiger partial charge < -0.3 is 5.11 Å². The van der Waals surface area contributed by atoms with Crippen molar-refractivity contribution >= 4 is 17.6 Å². The Morgan fingerprint density at radius 3 is 2.80 bits per heavy atom. The van der Waals surface area contributed by atoms with E-state index in [4.69, 9.17) is 16.7 Å². The van der Waals surface area contributed by atoms with Crippen LogP contribution in [-0.2, 0) is 11.2 Å². The fraction of sp³-hybridized carbons (Fsp3) is 0.417. The van der Waals surface area contributed by atoms with Gasteiger partial charge in [-0.15, -0.1) is 0 Å². The lowest BCUT2D eigenvalue weighted by Gasteiger charge is -2.10. The number of carboxylic acids is 1. The molecule has 1 aliphatic rings. The Hall–Kier alpha value is -1.02. The summed E-state index contributed by atoms with van der Waals surface area (Å²) in [6.07, 6.45) is 2.70. The molecule has 1 atom stereocenters. The topological polar surface area (TPSA) is 37.3 Å². The van der Waals surface area contributed by atoms with Crippen LogP contribution in [0.25, 0.3) is 0 Å². The van der Waals surface area contributed by atoms with Gasteiger partial charge in [-0.05, 0) is 42.9 Å². The molecule has 0 amide bonds. The summed E-state index contributed by atoms with van der Waals surface area (Å²) in [7, 11) is 0. The van der Waals surface area contributed by atoms with Crippen molar-refractivity contribution < 1.29 is 9.90 Å². The van der Waals surface area contributed by atoms with E-state index in [1.165, 1.54) is 0 Å². The van der Waals surface area contributed by atoms with E-state index in [2.05, 4.69) is 0 Å². The molecule has 1 aromatic rings. The molecular formula is C12H13ClO2. The molecular weight excluding hydrogens is 212 g/mol. The van der Waals surface area contributed by atoms with Crippen LogP contribution in [0.4, 0.5) is 0 Å². The maximum absolute atomic E-state index is 11.0. The van der Waals surface area contributed by atoms with Crippen LogP contribution in [0.1, 0.15) is 18.4 Å². The monoisotopic (exact) mass is 224 g/mol. The highest BCUT2D eigenvalue weighted by Crippen LogP contribution is 2.38. The van der Waals surface area contributed by atoms with Crippen molar-refractivity contribution in [1.29, 1.82) is 0 Å². The Morgan fingerprint density at radius 1 is 1.53 bits per heavy atom. The zero-order valence-corrected chi connectivity index (χ0v) is 9.07. The molecule has 1 fully saturated rings. The molecule has 1 unspecified atom stereocenters. The summed E-state index contributed by atoms with van der Waals surface area (Å²) in [4.78, 5) is 11.0.